The van der Waals surface area contributed by atoms with Crippen LogP contribution in [0.15, 0.2) is 42.1 Å². The van der Waals surface area contributed by atoms with Gasteiger partial charge in [0.2, 0.25) is 0 Å². The summed E-state index contributed by atoms with van der Waals surface area (Å²) in [4.78, 5) is 12.0. The van der Waals surface area contributed by atoms with Crippen LogP contribution in [0.25, 0.3) is 0 Å². The van der Waals surface area contributed by atoms with Gasteiger partial charge in [-0.3, -0.25) is 4.31 Å². The standard InChI is InChI=1S/C17H20F3NO4S/c1-12-16(2,3)10-14(21(12)26(23,24)17(18,19)20)9-15(22)25-11-13-7-5-4-6-8-13/h4-9,12H,10-11H2,1-3H3/b14-9+/t12-/m1/s1. The Morgan fingerprint density at radius 2 is 1.88 bits per heavy atom. The zero-order chi connectivity index (χ0) is 19.8. The van der Waals surface area contributed by atoms with Gasteiger partial charge >= 0.3 is 21.5 Å². The molecule has 0 spiro atoms. The minimum Gasteiger partial charge on any atom is -0.458 e. The number of nitrogens with zero attached hydrogens (tertiary/aromatic N) is 1. The van der Waals surface area contributed by atoms with E-state index in [1.165, 1.54) is 6.92 Å². The SMILES string of the molecule is C[C@H]1N(S(=O)(=O)C(F)(F)F)/C(=C/C(=O)OCc2ccccc2)CC1(C)C. The van der Waals surface area contributed by atoms with Crippen LogP contribution in [0.5, 0.6) is 0 Å². The van der Waals surface area contributed by atoms with Crippen LogP contribution in [-0.2, 0) is 26.2 Å². The molecule has 1 aromatic carbocycles. The van der Waals surface area contributed by atoms with Crippen molar-refractivity contribution < 1.29 is 31.1 Å². The van der Waals surface area contributed by atoms with E-state index in [0.717, 1.165) is 6.08 Å². The fourth-order valence-corrected chi connectivity index (χ4v) is 4.10. The van der Waals surface area contributed by atoms with Crippen molar-refractivity contribution in [2.45, 2.75) is 45.3 Å². The first-order valence-electron chi connectivity index (χ1n) is 7.88. The molecule has 1 saturated heterocycles. The fraction of sp³-hybridized carbons (Fsp3) is 0.471. The van der Waals surface area contributed by atoms with Crippen LogP contribution in [0, 0.1) is 5.41 Å². The summed E-state index contributed by atoms with van der Waals surface area (Å²) in [6.45, 7) is 4.62. The summed E-state index contributed by atoms with van der Waals surface area (Å²) in [7, 11) is -5.60. The number of carbonyl (C=O) groups excluding carboxylic acids is 1. The average Bonchev–Trinajstić information content (AvgIpc) is 2.74. The lowest BCUT2D eigenvalue weighted by Gasteiger charge is -2.30. The molecule has 5 nitrogen and oxygen atoms in total. The zero-order valence-corrected chi connectivity index (χ0v) is 15.4. The molecule has 1 aliphatic rings. The Balaban J connectivity index is 2.27. The third-order valence-electron chi connectivity index (χ3n) is 4.46. The Morgan fingerprint density at radius 1 is 1.31 bits per heavy atom. The summed E-state index contributed by atoms with van der Waals surface area (Å²) in [6.07, 6.45) is 0.835. The largest absolute Gasteiger partial charge is 0.516 e. The molecular weight excluding hydrogens is 371 g/mol. The summed E-state index contributed by atoms with van der Waals surface area (Å²) < 4.78 is 68.2. The first-order valence-corrected chi connectivity index (χ1v) is 9.32. The van der Waals surface area contributed by atoms with Gasteiger partial charge in [0, 0.05) is 17.8 Å². The van der Waals surface area contributed by atoms with Crippen LogP contribution in [-0.4, -0.2) is 30.2 Å². The highest BCUT2D eigenvalue weighted by Crippen LogP contribution is 2.46. The number of halogens is 3. The number of benzene rings is 1. The van der Waals surface area contributed by atoms with E-state index in [1.54, 1.807) is 44.2 Å². The van der Waals surface area contributed by atoms with Crippen molar-refractivity contribution in [2.24, 2.45) is 5.41 Å². The van der Waals surface area contributed by atoms with Crippen molar-refractivity contribution >= 4 is 16.0 Å². The lowest BCUT2D eigenvalue weighted by atomic mass is 9.85. The summed E-state index contributed by atoms with van der Waals surface area (Å²) in [5.74, 6) is -0.892. The van der Waals surface area contributed by atoms with Crippen LogP contribution in [0.1, 0.15) is 32.8 Å². The second-order valence-corrected chi connectivity index (χ2v) is 8.62. The topological polar surface area (TPSA) is 63.7 Å². The molecule has 0 aliphatic carbocycles. The maximum absolute atomic E-state index is 13.0. The smallest absolute Gasteiger partial charge is 0.458 e. The fourth-order valence-electron chi connectivity index (χ4n) is 2.75. The molecule has 0 bridgehead atoms. The Hall–Kier alpha value is -2.03. The average molecular weight is 391 g/mol. The molecule has 0 saturated carbocycles. The number of rotatable bonds is 4. The molecule has 2 rings (SSSR count). The molecule has 144 valence electrons. The van der Waals surface area contributed by atoms with Crippen molar-refractivity contribution in [1.82, 2.24) is 4.31 Å². The van der Waals surface area contributed by atoms with E-state index in [4.69, 9.17) is 4.74 Å². The minimum atomic E-state index is -5.60. The number of alkyl halides is 3. The highest BCUT2D eigenvalue weighted by Gasteiger charge is 2.57. The van der Waals surface area contributed by atoms with Crippen LogP contribution >= 0.6 is 0 Å². The highest BCUT2D eigenvalue weighted by atomic mass is 32.2. The maximum Gasteiger partial charge on any atom is 0.516 e. The summed E-state index contributed by atoms with van der Waals surface area (Å²) in [6, 6.07) is 7.78. The van der Waals surface area contributed by atoms with Crippen molar-refractivity contribution in [3.63, 3.8) is 0 Å². The van der Waals surface area contributed by atoms with Crippen molar-refractivity contribution in [3.05, 3.63) is 47.7 Å². The van der Waals surface area contributed by atoms with E-state index in [9.17, 15) is 26.4 Å². The van der Waals surface area contributed by atoms with Crippen LogP contribution in [0.4, 0.5) is 13.2 Å². The normalized spacial score (nSPS) is 21.8. The first kappa shape index (κ1) is 20.3. The highest BCUT2D eigenvalue weighted by molar-refractivity contribution is 7.90. The Morgan fingerprint density at radius 3 is 2.42 bits per heavy atom. The van der Waals surface area contributed by atoms with Crippen molar-refractivity contribution in [2.75, 3.05) is 0 Å². The van der Waals surface area contributed by atoms with Gasteiger partial charge in [-0.15, -0.1) is 0 Å². The van der Waals surface area contributed by atoms with Gasteiger partial charge in [0.1, 0.15) is 6.61 Å². The molecule has 26 heavy (non-hydrogen) atoms. The van der Waals surface area contributed by atoms with E-state index in [1.807, 2.05) is 0 Å². The van der Waals surface area contributed by atoms with Crippen molar-refractivity contribution in [1.29, 1.82) is 0 Å². The number of ether oxygens (including phenoxy) is 1. The Labute approximate surface area is 150 Å². The van der Waals surface area contributed by atoms with Crippen LogP contribution < -0.4 is 0 Å². The molecule has 0 radical (unpaired) electrons. The molecule has 1 aromatic rings. The molecule has 1 heterocycles. The van der Waals surface area contributed by atoms with Crippen LogP contribution in [0.2, 0.25) is 0 Å². The number of esters is 1. The molecule has 0 aromatic heterocycles. The lowest BCUT2D eigenvalue weighted by Crippen LogP contribution is -2.44. The van der Waals surface area contributed by atoms with Gasteiger partial charge in [0.15, 0.2) is 0 Å². The van der Waals surface area contributed by atoms with Crippen molar-refractivity contribution in [3.8, 4) is 0 Å². The Kier molecular flexibility index (Phi) is 5.41. The van der Waals surface area contributed by atoms with Crippen LogP contribution in [0.3, 0.4) is 0 Å². The number of carbonyl (C=O) groups is 1. The van der Waals surface area contributed by atoms with E-state index in [2.05, 4.69) is 0 Å². The quantitative estimate of drug-likeness (QED) is 0.581. The van der Waals surface area contributed by atoms with Gasteiger partial charge in [0.05, 0.1) is 0 Å². The molecule has 1 aliphatic heterocycles. The third kappa shape index (κ3) is 4.03. The van der Waals surface area contributed by atoms with Gasteiger partial charge in [-0.2, -0.15) is 21.6 Å². The monoisotopic (exact) mass is 391 g/mol. The van der Waals surface area contributed by atoms with E-state index in [-0.39, 0.29) is 23.0 Å². The van der Waals surface area contributed by atoms with E-state index >= 15 is 0 Å². The predicted octanol–water partition coefficient (Wildman–Crippen LogP) is 3.58. The first-order chi connectivity index (χ1) is 11.9. The van der Waals surface area contributed by atoms with E-state index < -0.39 is 33.0 Å². The van der Waals surface area contributed by atoms with Gasteiger partial charge in [0.25, 0.3) is 0 Å². The number of hydrogen-bond donors (Lipinski definition) is 0. The number of sulfonamides is 1. The molecule has 1 fully saturated rings. The maximum atomic E-state index is 13.0. The zero-order valence-electron chi connectivity index (χ0n) is 14.6. The summed E-state index contributed by atoms with van der Waals surface area (Å²) in [5, 5.41) is 0. The van der Waals surface area contributed by atoms with Gasteiger partial charge in [-0.05, 0) is 24.3 Å². The molecule has 1 atom stereocenters. The number of hydrogen-bond acceptors (Lipinski definition) is 4. The summed E-state index contributed by atoms with van der Waals surface area (Å²) in [5.41, 5.74) is -5.73. The molecular formula is C17H20F3NO4S. The third-order valence-corrected chi connectivity index (χ3v) is 6.12. The minimum absolute atomic E-state index is 0.00388. The molecule has 0 unspecified atom stereocenters. The molecule has 0 amide bonds. The Bertz CT molecular complexity index is 801. The second-order valence-electron chi connectivity index (χ2n) is 6.82. The molecule has 9 heteroatoms. The molecule has 0 N–H and O–H groups in total. The lowest BCUT2D eigenvalue weighted by molar-refractivity contribution is -0.139. The van der Waals surface area contributed by atoms with Gasteiger partial charge < -0.3 is 4.74 Å². The number of allylic oxidation sites excluding steroid dienone is 1. The summed E-state index contributed by atoms with van der Waals surface area (Å²) >= 11 is 0. The van der Waals surface area contributed by atoms with Gasteiger partial charge in [-0.25, -0.2) is 4.79 Å². The predicted molar refractivity (Wildman–Crippen MR) is 89.0 cm³/mol. The second kappa shape index (κ2) is 6.94. The van der Waals surface area contributed by atoms with E-state index in [0.29, 0.717) is 5.56 Å². The van der Waals surface area contributed by atoms with Gasteiger partial charge in [-0.1, -0.05) is 44.2 Å².